The van der Waals surface area contributed by atoms with E-state index in [1.165, 1.54) is 6.07 Å². The predicted octanol–water partition coefficient (Wildman–Crippen LogP) is 4.38. The molecule has 20 heavy (non-hydrogen) atoms. The van der Waals surface area contributed by atoms with Crippen LogP contribution in [0.3, 0.4) is 0 Å². The third-order valence-electron chi connectivity index (χ3n) is 2.87. The van der Waals surface area contributed by atoms with Crippen molar-refractivity contribution in [3.05, 3.63) is 61.2 Å². The van der Waals surface area contributed by atoms with E-state index >= 15 is 0 Å². The number of rotatable bonds is 3. The number of hydrogen-bond acceptors (Lipinski definition) is 2. The summed E-state index contributed by atoms with van der Waals surface area (Å²) in [7, 11) is 0. The molecule has 0 radical (unpaired) electrons. The Labute approximate surface area is 132 Å². The summed E-state index contributed by atoms with van der Waals surface area (Å²) in [6.45, 7) is 4.25. The highest BCUT2D eigenvalue weighted by atomic mass is 35.5. The van der Waals surface area contributed by atoms with Gasteiger partial charge in [-0.2, -0.15) is 0 Å². The first-order valence-corrected chi connectivity index (χ1v) is 7.23. The summed E-state index contributed by atoms with van der Waals surface area (Å²) in [5, 5.41) is 1.29. The number of hydrogen-bond donors (Lipinski definition) is 0. The van der Waals surface area contributed by atoms with Gasteiger partial charge < -0.3 is 0 Å². The molecule has 0 unspecified atom stereocenters. The molecule has 2 rings (SSSR count). The van der Waals surface area contributed by atoms with Crippen LogP contribution in [0, 0.1) is 0 Å². The van der Waals surface area contributed by atoms with Gasteiger partial charge in [-0.15, -0.1) is 0 Å². The molecule has 0 aliphatic rings. The van der Waals surface area contributed by atoms with Gasteiger partial charge in [0.2, 0.25) is 0 Å². The van der Waals surface area contributed by atoms with Gasteiger partial charge in [0.25, 0.3) is 5.56 Å². The second-order valence-electron chi connectivity index (χ2n) is 4.75. The molecule has 6 heteroatoms. The SMILES string of the molecule is CC(C)c1nc(Cl)cc(=O)n1Cc1ccc(Cl)cc1Cl. The number of nitrogens with zero attached hydrogens (tertiary/aromatic N) is 2. The summed E-state index contributed by atoms with van der Waals surface area (Å²) < 4.78 is 1.58. The van der Waals surface area contributed by atoms with Crippen LogP contribution >= 0.6 is 34.8 Å². The van der Waals surface area contributed by atoms with E-state index in [-0.39, 0.29) is 16.6 Å². The van der Waals surface area contributed by atoms with Crippen molar-refractivity contribution in [3.63, 3.8) is 0 Å². The van der Waals surface area contributed by atoms with Crippen molar-refractivity contribution >= 4 is 34.8 Å². The molecule has 1 aromatic carbocycles. The molecule has 0 amide bonds. The Morgan fingerprint density at radius 3 is 2.50 bits per heavy atom. The topological polar surface area (TPSA) is 34.9 Å². The summed E-state index contributed by atoms with van der Waals surface area (Å²) in [5.41, 5.74) is 0.615. The highest BCUT2D eigenvalue weighted by molar-refractivity contribution is 6.35. The average molecular weight is 332 g/mol. The van der Waals surface area contributed by atoms with Crippen LogP contribution < -0.4 is 5.56 Å². The predicted molar refractivity (Wildman–Crippen MR) is 83.2 cm³/mol. The van der Waals surface area contributed by atoms with Gasteiger partial charge in [-0.1, -0.05) is 54.7 Å². The van der Waals surface area contributed by atoms with Crippen LogP contribution in [0.2, 0.25) is 15.2 Å². The third-order valence-corrected chi connectivity index (χ3v) is 3.65. The first kappa shape index (κ1) is 15.4. The molecule has 0 saturated heterocycles. The Balaban J connectivity index is 2.50. The summed E-state index contributed by atoms with van der Waals surface area (Å²) in [6, 6.07) is 6.50. The quantitative estimate of drug-likeness (QED) is 0.783. The molecule has 0 aliphatic carbocycles. The smallest absolute Gasteiger partial charge is 0.255 e. The Kier molecular flexibility index (Phi) is 4.74. The summed E-state index contributed by atoms with van der Waals surface area (Å²) in [6.07, 6.45) is 0. The van der Waals surface area contributed by atoms with Crippen LogP contribution in [0.5, 0.6) is 0 Å². The minimum atomic E-state index is -0.195. The maximum Gasteiger partial charge on any atom is 0.255 e. The second-order valence-corrected chi connectivity index (χ2v) is 5.98. The van der Waals surface area contributed by atoms with E-state index in [1.807, 2.05) is 13.8 Å². The zero-order valence-electron chi connectivity index (χ0n) is 11.0. The molecule has 3 nitrogen and oxygen atoms in total. The van der Waals surface area contributed by atoms with E-state index in [1.54, 1.807) is 22.8 Å². The Morgan fingerprint density at radius 2 is 1.90 bits per heavy atom. The lowest BCUT2D eigenvalue weighted by molar-refractivity contribution is 0.625. The fraction of sp³-hybridized carbons (Fsp3) is 0.286. The first-order valence-electron chi connectivity index (χ1n) is 6.09. The van der Waals surface area contributed by atoms with E-state index in [0.29, 0.717) is 22.4 Å². The van der Waals surface area contributed by atoms with Gasteiger partial charge in [-0.05, 0) is 17.7 Å². The molecule has 0 aliphatic heterocycles. The van der Waals surface area contributed by atoms with Crippen LogP contribution in [0.4, 0.5) is 0 Å². The van der Waals surface area contributed by atoms with Gasteiger partial charge in [0.15, 0.2) is 0 Å². The lowest BCUT2D eigenvalue weighted by Gasteiger charge is -2.15. The largest absolute Gasteiger partial charge is 0.292 e. The molecule has 1 aromatic heterocycles. The van der Waals surface area contributed by atoms with E-state index < -0.39 is 0 Å². The molecule has 0 spiro atoms. The Hall–Kier alpha value is -1.03. The van der Waals surface area contributed by atoms with Crippen molar-refractivity contribution in [1.82, 2.24) is 9.55 Å². The number of halogens is 3. The van der Waals surface area contributed by atoms with E-state index in [4.69, 9.17) is 34.8 Å². The molecule has 1 heterocycles. The lowest BCUT2D eigenvalue weighted by Crippen LogP contribution is -2.25. The van der Waals surface area contributed by atoms with Crippen molar-refractivity contribution in [2.45, 2.75) is 26.3 Å². The molecule has 0 saturated carbocycles. The van der Waals surface area contributed by atoms with Gasteiger partial charge in [0.05, 0.1) is 6.54 Å². The minimum Gasteiger partial charge on any atom is -0.292 e. The zero-order valence-corrected chi connectivity index (χ0v) is 13.3. The van der Waals surface area contributed by atoms with Gasteiger partial charge in [0, 0.05) is 22.0 Å². The third kappa shape index (κ3) is 3.35. The molecule has 0 bridgehead atoms. The van der Waals surface area contributed by atoms with Crippen LogP contribution in [-0.2, 0) is 6.54 Å². The number of benzene rings is 1. The standard InChI is InChI=1S/C14H13Cl3N2O/c1-8(2)14-18-12(17)6-13(20)19(14)7-9-3-4-10(15)5-11(9)16/h3-6,8H,7H2,1-2H3. The summed E-state index contributed by atoms with van der Waals surface area (Å²) in [5.74, 6) is 0.709. The monoisotopic (exact) mass is 330 g/mol. The van der Waals surface area contributed by atoms with E-state index in [0.717, 1.165) is 5.56 Å². The van der Waals surface area contributed by atoms with Crippen LogP contribution in [0.25, 0.3) is 0 Å². The fourth-order valence-electron chi connectivity index (χ4n) is 1.91. The Morgan fingerprint density at radius 1 is 1.20 bits per heavy atom. The zero-order chi connectivity index (χ0) is 14.9. The molecule has 0 N–H and O–H groups in total. The second kappa shape index (κ2) is 6.17. The fourth-order valence-corrected chi connectivity index (χ4v) is 2.56. The van der Waals surface area contributed by atoms with E-state index in [9.17, 15) is 4.79 Å². The van der Waals surface area contributed by atoms with Crippen LogP contribution in [0.1, 0.15) is 31.2 Å². The molecule has 106 valence electrons. The van der Waals surface area contributed by atoms with Crippen molar-refractivity contribution in [1.29, 1.82) is 0 Å². The highest BCUT2D eigenvalue weighted by Crippen LogP contribution is 2.22. The lowest BCUT2D eigenvalue weighted by atomic mass is 10.1. The minimum absolute atomic E-state index is 0.0764. The van der Waals surface area contributed by atoms with Crippen LogP contribution in [0.15, 0.2) is 29.1 Å². The maximum atomic E-state index is 12.1. The van der Waals surface area contributed by atoms with Gasteiger partial charge in [-0.25, -0.2) is 4.98 Å². The molecule has 0 atom stereocenters. The highest BCUT2D eigenvalue weighted by Gasteiger charge is 2.13. The summed E-state index contributed by atoms with van der Waals surface area (Å²) in [4.78, 5) is 16.4. The average Bonchev–Trinajstić information content (AvgIpc) is 2.34. The first-order chi connectivity index (χ1) is 9.38. The van der Waals surface area contributed by atoms with Crippen molar-refractivity contribution < 1.29 is 0 Å². The molecule has 0 fully saturated rings. The normalized spacial score (nSPS) is 11.1. The van der Waals surface area contributed by atoms with Gasteiger partial charge >= 0.3 is 0 Å². The number of aromatic nitrogens is 2. The molecular formula is C14H13Cl3N2O. The maximum absolute atomic E-state index is 12.1. The van der Waals surface area contributed by atoms with E-state index in [2.05, 4.69) is 4.98 Å². The van der Waals surface area contributed by atoms with Crippen molar-refractivity contribution in [3.8, 4) is 0 Å². The van der Waals surface area contributed by atoms with Gasteiger partial charge in [0.1, 0.15) is 11.0 Å². The van der Waals surface area contributed by atoms with Crippen molar-refractivity contribution in [2.75, 3.05) is 0 Å². The van der Waals surface area contributed by atoms with Crippen LogP contribution in [-0.4, -0.2) is 9.55 Å². The molecule has 2 aromatic rings. The Bertz CT molecular complexity index is 695. The molecular weight excluding hydrogens is 319 g/mol. The summed E-state index contributed by atoms with van der Waals surface area (Å²) >= 11 is 17.9. The van der Waals surface area contributed by atoms with Crippen molar-refractivity contribution in [2.24, 2.45) is 0 Å². The van der Waals surface area contributed by atoms with Gasteiger partial charge in [-0.3, -0.25) is 9.36 Å².